The molecule has 0 amide bonds. The highest BCUT2D eigenvalue weighted by Gasteiger charge is 2.34. The molecule has 5 aromatic rings. The van der Waals surface area contributed by atoms with Crippen LogP contribution in [0.5, 0.6) is 11.5 Å². The van der Waals surface area contributed by atoms with Crippen molar-refractivity contribution in [2.75, 3.05) is 18.7 Å². The van der Waals surface area contributed by atoms with Crippen molar-refractivity contribution in [1.29, 1.82) is 0 Å². The second-order valence-corrected chi connectivity index (χ2v) is 9.65. The molecule has 1 aromatic heterocycles. The summed E-state index contributed by atoms with van der Waals surface area (Å²) < 4.78 is 11.4. The van der Waals surface area contributed by atoms with Gasteiger partial charge in [-0.25, -0.2) is 15.0 Å². The summed E-state index contributed by atoms with van der Waals surface area (Å²) in [7, 11) is 1.67. The molecule has 1 aliphatic rings. The zero-order valence-electron chi connectivity index (χ0n) is 21.7. The number of hydrazone groups is 1. The molecule has 194 valence electrons. The molecular weight excluding hydrogens is 508 g/mol. The number of rotatable bonds is 7. The lowest BCUT2D eigenvalue weighted by Crippen LogP contribution is -2.22. The first-order valence-electron chi connectivity index (χ1n) is 12.9. The SMILES string of the molecule is CCOc1ccccc1C1CC(c2ccc(OC)cc2)=NN1c1nc(-c2ccccc2)c2cc(Cl)ccc2n1. The third kappa shape index (κ3) is 4.91. The topological polar surface area (TPSA) is 59.8 Å². The minimum atomic E-state index is -0.154. The van der Waals surface area contributed by atoms with Gasteiger partial charge in [0.2, 0.25) is 5.95 Å². The smallest absolute Gasteiger partial charge is 0.247 e. The predicted molar refractivity (Wildman–Crippen MR) is 157 cm³/mol. The van der Waals surface area contributed by atoms with Gasteiger partial charge in [-0.3, -0.25) is 0 Å². The zero-order valence-corrected chi connectivity index (χ0v) is 22.5. The molecule has 0 saturated carbocycles. The largest absolute Gasteiger partial charge is 0.497 e. The number of hydrogen-bond donors (Lipinski definition) is 0. The van der Waals surface area contributed by atoms with E-state index >= 15 is 0 Å². The van der Waals surface area contributed by atoms with Crippen LogP contribution in [0.25, 0.3) is 22.2 Å². The Hall–Kier alpha value is -4.42. The number of para-hydroxylation sites is 1. The van der Waals surface area contributed by atoms with Gasteiger partial charge in [0.25, 0.3) is 0 Å². The molecule has 0 bridgehead atoms. The average Bonchev–Trinajstić information content (AvgIpc) is 3.43. The maximum atomic E-state index is 6.39. The highest BCUT2D eigenvalue weighted by molar-refractivity contribution is 6.31. The van der Waals surface area contributed by atoms with Gasteiger partial charge in [0, 0.05) is 28.0 Å². The van der Waals surface area contributed by atoms with Gasteiger partial charge in [-0.05, 0) is 61.0 Å². The van der Waals surface area contributed by atoms with E-state index in [0.717, 1.165) is 50.5 Å². The lowest BCUT2D eigenvalue weighted by Gasteiger charge is -2.24. The molecule has 0 aliphatic carbocycles. The van der Waals surface area contributed by atoms with Gasteiger partial charge in [-0.15, -0.1) is 0 Å². The van der Waals surface area contributed by atoms with E-state index in [1.165, 1.54) is 0 Å². The molecule has 39 heavy (non-hydrogen) atoms. The number of halogens is 1. The number of fused-ring (bicyclic) bond motifs is 1. The molecule has 0 radical (unpaired) electrons. The van der Waals surface area contributed by atoms with Gasteiger partial charge in [-0.1, -0.05) is 60.1 Å². The van der Waals surface area contributed by atoms with Crippen LogP contribution in [-0.4, -0.2) is 29.4 Å². The van der Waals surface area contributed by atoms with Crippen LogP contribution < -0.4 is 14.5 Å². The molecule has 4 aromatic carbocycles. The molecule has 1 unspecified atom stereocenters. The van der Waals surface area contributed by atoms with Crippen molar-refractivity contribution in [3.8, 4) is 22.8 Å². The third-order valence-electron chi connectivity index (χ3n) is 6.81. The summed E-state index contributed by atoms with van der Waals surface area (Å²) in [4.78, 5) is 10.1. The highest BCUT2D eigenvalue weighted by Crippen LogP contribution is 2.41. The predicted octanol–water partition coefficient (Wildman–Crippen LogP) is 7.71. The van der Waals surface area contributed by atoms with Gasteiger partial charge in [-0.2, -0.15) is 5.10 Å². The molecule has 7 heteroatoms. The van der Waals surface area contributed by atoms with Gasteiger partial charge >= 0.3 is 0 Å². The number of benzene rings is 4. The summed E-state index contributed by atoms with van der Waals surface area (Å²) in [5, 5.41) is 8.56. The number of aromatic nitrogens is 2. The summed E-state index contributed by atoms with van der Waals surface area (Å²) in [6.45, 7) is 2.56. The normalized spacial score (nSPS) is 14.9. The summed E-state index contributed by atoms with van der Waals surface area (Å²) in [5.41, 5.74) is 5.59. The van der Waals surface area contributed by atoms with Crippen LogP contribution in [0.2, 0.25) is 5.02 Å². The molecule has 1 atom stereocenters. The maximum absolute atomic E-state index is 6.39. The van der Waals surface area contributed by atoms with Gasteiger partial charge in [0.1, 0.15) is 11.5 Å². The third-order valence-corrected chi connectivity index (χ3v) is 7.04. The lowest BCUT2D eigenvalue weighted by atomic mass is 9.97. The van der Waals surface area contributed by atoms with Crippen LogP contribution in [0, 0.1) is 0 Å². The van der Waals surface area contributed by atoms with Crippen LogP contribution in [-0.2, 0) is 0 Å². The Labute approximate surface area is 232 Å². The van der Waals surface area contributed by atoms with E-state index in [1.54, 1.807) is 7.11 Å². The summed E-state index contributed by atoms with van der Waals surface area (Å²) in [6, 6.07) is 31.7. The first-order valence-corrected chi connectivity index (χ1v) is 13.3. The Morgan fingerprint density at radius 1 is 0.872 bits per heavy atom. The Morgan fingerprint density at radius 2 is 1.64 bits per heavy atom. The molecule has 0 fully saturated rings. The van der Waals surface area contributed by atoms with Crippen molar-refractivity contribution < 1.29 is 9.47 Å². The summed E-state index contributed by atoms with van der Waals surface area (Å²) in [5.74, 6) is 2.15. The second kappa shape index (κ2) is 10.8. The van der Waals surface area contributed by atoms with Crippen LogP contribution in [0.1, 0.15) is 30.5 Å². The monoisotopic (exact) mass is 534 g/mol. The Kier molecular flexibility index (Phi) is 6.86. The molecule has 6 rings (SSSR count). The molecule has 6 nitrogen and oxygen atoms in total. The van der Waals surface area contributed by atoms with E-state index in [0.29, 0.717) is 24.0 Å². The van der Waals surface area contributed by atoms with Crippen molar-refractivity contribution in [2.24, 2.45) is 5.10 Å². The van der Waals surface area contributed by atoms with Crippen molar-refractivity contribution in [3.63, 3.8) is 0 Å². The molecule has 0 saturated heterocycles. The number of nitrogens with zero attached hydrogens (tertiary/aromatic N) is 4. The van der Waals surface area contributed by atoms with Crippen molar-refractivity contribution in [2.45, 2.75) is 19.4 Å². The van der Waals surface area contributed by atoms with E-state index < -0.39 is 0 Å². The first kappa shape index (κ1) is 24.9. The van der Waals surface area contributed by atoms with E-state index in [9.17, 15) is 0 Å². The van der Waals surface area contributed by atoms with E-state index in [-0.39, 0.29) is 6.04 Å². The molecule has 1 aliphatic heterocycles. The minimum Gasteiger partial charge on any atom is -0.497 e. The van der Waals surface area contributed by atoms with Crippen molar-refractivity contribution in [1.82, 2.24) is 9.97 Å². The van der Waals surface area contributed by atoms with E-state index in [4.69, 9.17) is 36.1 Å². The van der Waals surface area contributed by atoms with Crippen LogP contribution in [0.15, 0.2) is 102 Å². The van der Waals surface area contributed by atoms with Crippen LogP contribution in [0.3, 0.4) is 0 Å². The fourth-order valence-electron chi connectivity index (χ4n) is 4.94. The van der Waals surface area contributed by atoms with Crippen LogP contribution >= 0.6 is 11.6 Å². The van der Waals surface area contributed by atoms with E-state index in [1.807, 2.05) is 103 Å². The second-order valence-electron chi connectivity index (χ2n) is 9.21. The fourth-order valence-corrected chi connectivity index (χ4v) is 5.12. The maximum Gasteiger partial charge on any atom is 0.247 e. The fraction of sp³-hybridized carbons (Fsp3) is 0.156. The number of anilines is 1. The molecular formula is C32H27ClN4O2. The molecule has 0 spiro atoms. The Balaban J connectivity index is 1.53. The lowest BCUT2D eigenvalue weighted by molar-refractivity contribution is 0.334. The van der Waals surface area contributed by atoms with Crippen molar-refractivity contribution >= 4 is 34.2 Å². The summed E-state index contributed by atoms with van der Waals surface area (Å²) in [6.07, 6.45) is 0.666. The quantitative estimate of drug-likeness (QED) is 0.214. The Morgan fingerprint density at radius 3 is 2.41 bits per heavy atom. The zero-order chi connectivity index (χ0) is 26.8. The average molecular weight is 535 g/mol. The number of ether oxygens (including phenoxy) is 2. The van der Waals surface area contributed by atoms with Gasteiger partial charge < -0.3 is 9.47 Å². The minimum absolute atomic E-state index is 0.154. The van der Waals surface area contributed by atoms with Crippen molar-refractivity contribution in [3.05, 3.63) is 113 Å². The molecule has 0 N–H and O–H groups in total. The van der Waals surface area contributed by atoms with Crippen LogP contribution in [0.4, 0.5) is 5.95 Å². The van der Waals surface area contributed by atoms with Gasteiger partial charge in [0.05, 0.1) is 36.7 Å². The van der Waals surface area contributed by atoms with E-state index in [2.05, 4.69) is 6.07 Å². The highest BCUT2D eigenvalue weighted by atomic mass is 35.5. The molecule has 2 heterocycles. The Bertz CT molecular complexity index is 1660. The number of hydrogen-bond acceptors (Lipinski definition) is 6. The van der Waals surface area contributed by atoms with Gasteiger partial charge in [0.15, 0.2) is 0 Å². The number of methoxy groups -OCH3 is 1. The standard InChI is InChI=1S/C32H27ClN4O2/c1-3-39-30-12-8-7-11-25(30)29-20-28(21-13-16-24(38-2)17-14-21)36-37(29)32-34-27-18-15-23(33)19-26(27)31(35-32)22-9-5-4-6-10-22/h4-19,29H,3,20H2,1-2H3. The summed E-state index contributed by atoms with van der Waals surface area (Å²) >= 11 is 6.39. The first-order chi connectivity index (χ1) is 19.1.